The number of nitrogen functional groups attached to an aromatic ring is 1. The standard InChI is InChI=1S/C46H73N5O9S/c1-12-21-51-24-27(3)34-19-17-32(49-57-26-33-18-20-37(61-33)35-15-14-16-39(47)48-35)25-56-45(8,23-28(51)4)42(60-44-41(53)36(50(10)11)22-29(5)58-44)30(6)40(52)31(7)43(54)59-38(13-2)46(34,9)55/h14-16,18,20,27-31,34,36,38,41-42,44,53,55H,12-13,17,19,21-26H2,1-11H3,(H2,47,48)/b49-32+/t27-,28+,29+,30-,31+,34+,36-,38+,41+,42+,44-,45+,46-/m0/s1. The normalized spacial score (nSPS) is 37.1. The first-order valence-corrected chi connectivity index (χ1v) is 23.1. The monoisotopic (exact) mass is 872 g/mol. The number of hydrogen-bond donors (Lipinski definition) is 3. The molecule has 2 bridgehead atoms. The molecule has 4 aliphatic heterocycles. The Balaban J connectivity index is 1.61. The summed E-state index contributed by atoms with van der Waals surface area (Å²) in [5, 5.41) is 29.0. The average Bonchev–Trinajstić information content (AvgIpc) is 3.68. The van der Waals surface area contributed by atoms with Gasteiger partial charge in [0.1, 0.15) is 29.5 Å². The number of esters is 1. The lowest BCUT2D eigenvalue weighted by Crippen LogP contribution is -2.60. The minimum Gasteiger partial charge on any atom is -0.459 e. The number of carbonyl (C=O) groups excluding carboxylic acids is 2. The van der Waals surface area contributed by atoms with Crippen LogP contribution in [0.4, 0.5) is 5.82 Å². The summed E-state index contributed by atoms with van der Waals surface area (Å²) < 4.78 is 26.5. The lowest BCUT2D eigenvalue weighted by Gasteiger charge is -2.48. The third-order valence-corrected chi connectivity index (χ3v) is 14.4. The number of fused-ring (bicyclic) bond motifs is 15. The minimum atomic E-state index is -1.45. The highest BCUT2D eigenvalue weighted by molar-refractivity contribution is 7.15. The molecule has 0 radical (unpaired) electrons. The molecule has 14 nitrogen and oxygen atoms in total. The quantitative estimate of drug-likeness (QED) is 0.138. The van der Waals surface area contributed by atoms with Gasteiger partial charge in [0, 0.05) is 29.4 Å². The molecule has 15 heteroatoms. The first-order valence-electron chi connectivity index (χ1n) is 22.3. The van der Waals surface area contributed by atoms with Gasteiger partial charge in [-0.2, -0.15) is 0 Å². The van der Waals surface area contributed by atoms with Crippen LogP contribution < -0.4 is 5.73 Å². The molecule has 13 atom stereocenters. The second-order valence-corrected chi connectivity index (χ2v) is 19.7. The number of ketones is 1. The summed E-state index contributed by atoms with van der Waals surface area (Å²) in [4.78, 5) is 45.5. The Morgan fingerprint density at radius 2 is 1.84 bits per heavy atom. The molecule has 342 valence electrons. The van der Waals surface area contributed by atoms with Crippen molar-refractivity contribution >= 4 is 34.6 Å². The van der Waals surface area contributed by atoms with Crippen LogP contribution >= 0.6 is 11.3 Å². The van der Waals surface area contributed by atoms with E-state index in [1.165, 1.54) is 0 Å². The fraction of sp³-hybridized carbons (Fsp3) is 0.739. The number of nitrogens with two attached hydrogens (primary N) is 1. The van der Waals surface area contributed by atoms with E-state index in [0.29, 0.717) is 50.2 Å². The molecule has 2 aromatic rings. The SMILES string of the molecule is CCCN1C[C@H](C)[C@H]2CC/C(=N\OCc3ccc(-c4cccc(N)n4)s3)CO[C@](C)(C[C@H]1C)[C@H](O[C@@H]1O[C@H](C)C[C@H](N(C)C)[C@H]1O)[C@@H](C)C(=O)[C@@H](C)C(=O)O[C@H](CC)[C@@]2(C)O. The number of likely N-dealkylation sites (N-methyl/N-ethyl adjacent to an activating group) is 1. The van der Waals surface area contributed by atoms with Gasteiger partial charge >= 0.3 is 5.97 Å². The Morgan fingerprint density at radius 3 is 2.51 bits per heavy atom. The van der Waals surface area contributed by atoms with Crippen LogP contribution in [0.1, 0.15) is 106 Å². The highest BCUT2D eigenvalue weighted by Gasteiger charge is 2.51. The molecule has 6 heterocycles. The molecular weight excluding hydrogens is 799 g/mol. The number of carbonyl (C=O) groups is 2. The summed E-state index contributed by atoms with van der Waals surface area (Å²) in [5.41, 5.74) is 4.73. The predicted molar refractivity (Wildman–Crippen MR) is 238 cm³/mol. The molecule has 0 amide bonds. The van der Waals surface area contributed by atoms with Gasteiger partial charge in [-0.3, -0.25) is 9.59 Å². The minimum absolute atomic E-state index is 0.0386. The van der Waals surface area contributed by atoms with Crippen molar-refractivity contribution in [2.75, 3.05) is 39.5 Å². The van der Waals surface area contributed by atoms with Crippen molar-refractivity contribution in [3.05, 3.63) is 35.2 Å². The van der Waals surface area contributed by atoms with E-state index >= 15 is 0 Å². The third kappa shape index (κ3) is 11.8. The number of rotatable bonds is 10. The number of thiophene rings is 1. The van der Waals surface area contributed by atoms with Crippen LogP contribution in [0.25, 0.3) is 10.6 Å². The Hall–Kier alpha value is -3.02. The van der Waals surface area contributed by atoms with E-state index in [4.69, 9.17) is 34.7 Å². The molecule has 0 saturated carbocycles. The van der Waals surface area contributed by atoms with Crippen LogP contribution in [0, 0.1) is 23.7 Å². The molecule has 4 aliphatic rings. The van der Waals surface area contributed by atoms with Crippen LogP contribution in [-0.2, 0) is 40.0 Å². The van der Waals surface area contributed by atoms with Gasteiger partial charge in [0.15, 0.2) is 18.7 Å². The summed E-state index contributed by atoms with van der Waals surface area (Å²) >= 11 is 1.54. The van der Waals surface area contributed by atoms with E-state index in [1.54, 1.807) is 38.2 Å². The van der Waals surface area contributed by atoms with Gasteiger partial charge in [-0.25, -0.2) is 4.98 Å². The van der Waals surface area contributed by atoms with Gasteiger partial charge in [-0.15, -0.1) is 11.3 Å². The number of pyridine rings is 1. The summed E-state index contributed by atoms with van der Waals surface area (Å²) in [7, 11) is 3.83. The fourth-order valence-corrected chi connectivity index (χ4v) is 10.7. The molecule has 6 rings (SSSR count). The number of hydrogen-bond acceptors (Lipinski definition) is 15. The zero-order chi connectivity index (χ0) is 44.8. The maximum absolute atomic E-state index is 14.6. The summed E-state index contributed by atoms with van der Waals surface area (Å²) in [5.74, 6) is -3.09. The second-order valence-electron chi connectivity index (χ2n) is 18.5. The number of anilines is 1. The van der Waals surface area contributed by atoms with Crippen molar-refractivity contribution in [2.45, 2.75) is 161 Å². The highest BCUT2D eigenvalue weighted by Crippen LogP contribution is 2.40. The van der Waals surface area contributed by atoms with Crippen molar-refractivity contribution in [3.8, 4) is 10.6 Å². The van der Waals surface area contributed by atoms with Crippen LogP contribution in [0.3, 0.4) is 0 Å². The van der Waals surface area contributed by atoms with Crippen LogP contribution in [0.15, 0.2) is 35.5 Å². The van der Waals surface area contributed by atoms with Gasteiger partial charge in [-0.1, -0.05) is 38.9 Å². The number of ether oxygens (including phenoxy) is 4. The molecular formula is C46H73N5O9S. The first-order chi connectivity index (χ1) is 28.8. The summed E-state index contributed by atoms with van der Waals surface area (Å²) in [6.45, 7) is 19.0. The molecule has 0 aromatic carbocycles. The van der Waals surface area contributed by atoms with Crippen molar-refractivity contribution < 1.29 is 43.6 Å². The van der Waals surface area contributed by atoms with E-state index in [2.05, 4.69) is 30.7 Å². The number of aliphatic hydroxyl groups excluding tert-OH is 1. The Bertz CT molecular complexity index is 1790. The molecule has 2 aromatic heterocycles. The van der Waals surface area contributed by atoms with Crippen molar-refractivity contribution in [1.29, 1.82) is 0 Å². The van der Waals surface area contributed by atoms with Gasteiger partial charge in [0.25, 0.3) is 0 Å². The molecule has 0 unspecified atom stereocenters. The zero-order valence-corrected chi connectivity index (χ0v) is 39.2. The Labute approximate surface area is 367 Å². The lowest BCUT2D eigenvalue weighted by molar-refractivity contribution is -0.296. The van der Waals surface area contributed by atoms with Crippen molar-refractivity contribution in [1.82, 2.24) is 14.8 Å². The van der Waals surface area contributed by atoms with E-state index in [9.17, 15) is 19.8 Å². The number of aromatic nitrogens is 1. The molecule has 61 heavy (non-hydrogen) atoms. The molecule has 4 saturated heterocycles. The van der Waals surface area contributed by atoms with Crippen molar-refractivity contribution in [2.24, 2.45) is 28.8 Å². The smallest absolute Gasteiger partial charge is 0.316 e. The topological polar surface area (TPSA) is 178 Å². The lowest BCUT2D eigenvalue weighted by atomic mass is 9.72. The molecule has 0 spiro atoms. The van der Waals surface area contributed by atoms with E-state index < -0.39 is 59.4 Å². The van der Waals surface area contributed by atoms with Gasteiger partial charge in [-0.05, 0) is 130 Å². The molecule has 4 N–H and O–H groups in total. The van der Waals surface area contributed by atoms with Crippen LogP contribution in [-0.4, -0.2) is 130 Å². The Morgan fingerprint density at radius 1 is 1.10 bits per heavy atom. The van der Waals surface area contributed by atoms with E-state index in [1.807, 2.05) is 64.0 Å². The average molecular weight is 872 g/mol. The predicted octanol–water partition coefficient (Wildman–Crippen LogP) is 6.32. The van der Waals surface area contributed by atoms with Gasteiger partial charge < -0.3 is 49.5 Å². The summed E-state index contributed by atoms with van der Waals surface area (Å²) in [6.07, 6.45) is -1.02. The number of oxime groups is 1. The third-order valence-electron chi connectivity index (χ3n) is 13.3. The number of nitrogens with zero attached hydrogens (tertiary/aromatic N) is 4. The van der Waals surface area contributed by atoms with E-state index in [-0.39, 0.29) is 43.2 Å². The highest BCUT2D eigenvalue weighted by atomic mass is 32.1. The maximum atomic E-state index is 14.6. The van der Waals surface area contributed by atoms with Gasteiger partial charge in [0.2, 0.25) is 0 Å². The fourth-order valence-electron chi connectivity index (χ4n) is 9.83. The Kier molecular flexibility index (Phi) is 17.0. The summed E-state index contributed by atoms with van der Waals surface area (Å²) in [6, 6.07) is 9.19. The first kappa shape index (κ1) is 49.0. The second kappa shape index (κ2) is 21.1. The molecule has 4 fully saturated rings. The van der Waals surface area contributed by atoms with Crippen molar-refractivity contribution in [3.63, 3.8) is 0 Å². The largest absolute Gasteiger partial charge is 0.459 e. The van der Waals surface area contributed by atoms with E-state index in [0.717, 1.165) is 28.4 Å². The number of aliphatic hydroxyl groups is 2. The zero-order valence-electron chi connectivity index (χ0n) is 38.3. The van der Waals surface area contributed by atoms with Crippen LogP contribution in [0.5, 0.6) is 0 Å². The molecule has 0 aliphatic carbocycles. The van der Waals surface area contributed by atoms with Crippen LogP contribution in [0.2, 0.25) is 0 Å². The number of Topliss-reactive ketones (excluding diaryl/α,β-unsaturated/α-hetero) is 1. The maximum Gasteiger partial charge on any atom is 0.316 e. The van der Waals surface area contributed by atoms with Gasteiger partial charge in [0.05, 0.1) is 40.7 Å².